The maximum Gasteiger partial charge on any atom is 0.0763 e. The quantitative estimate of drug-likeness (QED) is 0.540. The summed E-state index contributed by atoms with van der Waals surface area (Å²) in [6.45, 7) is 8.62. The molecule has 2 nitrogen and oxygen atoms in total. The van der Waals surface area contributed by atoms with E-state index in [9.17, 15) is 0 Å². The summed E-state index contributed by atoms with van der Waals surface area (Å²) in [4.78, 5) is 0. The van der Waals surface area contributed by atoms with Crippen LogP contribution in [0.5, 0.6) is 0 Å². The summed E-state index contributed by atoms with van der Waals surface area (Å²) < 4.78 is 5.73. The molecule has 1 heterocycles. The highest BCUT2D eigenvalue weighted by atomic mass is 16.5. The van der Waals surface area contributed by atoms with Crippen LogP contribution in [0.3, 0.4) is 0 Å². The lowest BCUT2D eigenvalue weighted by atomic mass is 10.1. The number of rotatable bonds is 5. The molecule has 0 aromatic rings. The molecule has 1 aliphatic heterocycles. The van der Waals surface area contributed by atoms with Crippen molar-refractivity contribution in [2.24, 2.45) is 0 Å². The van der Waals surface area contributed by atoms with E-state index in [0.717, 1.165) is 13.1 Å². The summed E-state index contributed by atoms with van der Waals surface area (Å²) >= 11 is 0. The molecule has 2 heteroatoms. The van der Waals surface area contributed by atoms with Crippen LogP contribution >= 0.6 is 0 Å². The summed E-state index contributed by atoms with van der Waals surface area (Å²) in [7, 11) is 0. The van der Waals surface area contributed by atoms with Gasteiger partial charge in [-0.25, -0.2) is 0 Å². The monoisotopic (exact) mass is 197 g/mol. The van der Waals surface area contributed by atoms with Crippen molar-refractivity contribution in [2.45, 2.75) is 52.2 Å². The predicted octanol–water partition coefficient (Wildman–Crippen LogP) is 2.50. The summed E-state index contributed by atoms with van der Waals surface area (Å²) in [6, 6.07) is 0. The van der Waals surface area contributed by atoms with Crippen LogP contribution in [0.4, 0.5) is 0 Å². The lowest BCUT2D eigenvalue weighted by Crippen LogP contribution is -2.18. The van der Waals surface area contributed by atoms with Crippen molar-refractivity contribution < 1.29 is 4.74 Å². The molecule has 82 valence electrons. The number of hydrogen-bond donors (Lipinski definition) is 1. The highest BCUT2D eigenvalue weighted by molar-refractivity contribution is 5.05. The third-order valence-electron chi connectivity index (χ3n) is 2.57. The number of hydrogen-bond acceptors (Lipinski definition) is 2. The van der Waals surface area contributed by atoms with Crippen molar-refractivity contribution in [1.82, 2.24) is 5.32 Å². The molecule has 0 bridgehead atoms. The van der Waals surface area contributed by atoms with Crippen LogP contribution < -0.4 is 5.32 Å². The van der Waals surface area contributed by atoms with E-state index in [1.165, 1.54) is 24.8 Å². The minimum Gasteiger partial charge on any atom is -0.371 e. The normalized spacial score (nSPS) is 28.4. The molecule has 0 aromatic heterocycles. The molecule has 1 rings (SSSR count). The summed E-state index contributed by atoms with van der Waals surface area (Å²) in [5, 5.41) is 3.40. The van der Waals surface area contributed by atoms with Crippen LogP contribution in [0.2, 0.25) is 0 Å². The Morgan fingerprint density at radius 2 is 2.29 bits per heavy atom. The Bertz CT molecular complexity index is 189. The Kier molecular flexibility index (Phi) is 5.20. The van der Waals surface area contributed by atoms with E-state index in [2.05, 4.69) is 32.2 Å². The van der Waals surface area contributed by atoms with Gasteiger partial charge in [0.15, 0.2) is 0 Å². The average molecular weight is 197 g/mol. The maximum absolute atomic E-state index is 5.73. The van der Waals surface area contributed by atoms with Crippen molar-refractivity contribution in [3.63, 3.8) is 0 Å². The number of ether oxygens (including phenoxy) is 1. The molecular formula is C12H23NO. The van der Waals surface area contributed by atoms with Gasteiger partial charge >= 0.3 is 0 Å². The third kappa shape index (κ3) is 4.25. The highest BCUT2D eigenvalue weighted by Gasteiger charge is 2.19. The van der Waals surface area contributed by atoms with Gasteiger partial charge in [0, 0.05) is 6.54 Å². The first-order valence-corrected chi connectivity index (χ1v) is 5.76. The Morgan fingerprint density at radius 3 is 2.86 bits per heavy atom. The molecule has 2 atom stereocenters. The molecule has 1 fully saturated rings. The van der Waals surface area contributed by atoms with Gasteiger partial charge in [-0.2, -0.15) is 0 Å². The fourth-order valence-electron chi connectivity index (χ4n) is 1.79. The average Bonchev–Trinajstić information content (AvgIpc) is 2.52. The molecule has 0 spiro atoms. The van der Waals surface area contributed by atoms with Crippen LogP contribution in [-0.4, -0.2) is 25.3 Å². The first-order chi connectivity index (χ1) is 6.72. The van der Waals surface area contributed by atoms with Gasteiger partial charge in [-0.3, -0.25) is 0 Å². The van der Waals surface area contributed by atoms with Gasteiger partial charge in [0.2, 0.25) is 0 Å². The Labute approximate surface area is 87.7 Å². The Balaban J connectivity index is 2.21. The topological polar surface area (TPSA) is 21.3 Å². The van der Waals surface area contributed by atoms with E-state index in [0.29, 0.717) is 12.2 Å². The summed E-state index contributed by atoms with van der Waals surface area (Å²) in [6.07, 6.45) is 6.68. The van der Waals surface area contributed by atoms with Gasteiger partial charge in [-0.1, -0.05) is 18.6 Å². The van der Waals surface area contributed by atoms with Crippen LogP contribution in [0, 0.1) is 0 Å². The van der Waals surface area contributed by atoms with Gasteiger partial charge < -0.3 is 10.1 Å². The predicted molar refractivity (Wildman–Crippen MR) is 60.5 cm³/mol. The molecule has 2 unspecified atom stereocenters. The summed E-state index contributed by atoms with van der Waals surface area (Å²) in [5.41, 5.74) is 1.40. The maximum atomic E-state index is 5.73. The second-order valence-electron chi connectivity index (χ2n) is 4.25. The molecular weight excluding hydrogens is 174 g/mol. The smallest absolute Gasteiger partial charge is 0.0763 e. The molecule has 0 saturated carbocycles. The first kappa shape index (κ1) is 11.7. The van der Waals surface area contributed by atoms with Gasteiger partial charge in [-0.05, 0) is 39.7 Å². The highest BCUT2D eigenvalue weighted by Crippen LogP contribution is 2.20. The molecule has 0 aromatic carbocycles. The second-order valence-corrected chi connectivity index (χ2v) is 4.25. The second kappa shape index (κ2) is 6.20. The fourth-order valence-corrected chi connectivity index (χ4v) is 1.79. The molecule has 0 radical (unpaired) electrons. The van der Waals surface area contributed by atoms with Gasteiger partial charge in [-0.15, -0.1) is 0 Å². The van der Waals surface area contributed by atoms with Gasteiger partial charge in [0.25, 0.3) is 0 Å². The van der Waals surface area contributed by atoms with Crippen LogP contribution in [-0.2, 0) is 4.74 Å². The molecule has 0 amide bonds. The van der Waals surface area contributed by atoms with E-state index in [1.54, 1.807) is 0 Å². The van der Waals surface area contributed by atoms with Crippen molar-refractivity contribution in [3.05, 3.63) is 11.6 Å². The lowest BCUT2D eigenvalue weighted by molar-refractivity contribution is 0.0828. The lowest BCUT2D eigenvalue weighted by Gasteiger charge is -2.08. The van der Waals surface area contributed by atoms with E-state index in [-0.39, 0.29) is 0 Å². The molecule has 1 N–H and O–H groups in total. The molecule has 1 saturated heterocycles. The van der Waals surface area contributed by atoms with Crippen LogP contribution in [0.15, 0.2) is 11.6 Å². The van der Waals surface area contributed by atoms with E-state index in [1.807, 2.05) is 0 Å². The molecule has 14 heavy (non-hydrogen) atoms. The Hall–Kier alpha value is -0.340. The number of nitrogens with one attached hydrogen (secondary N) is 1. The minimum absolute atomic E-state index is 0.369. The van der Waals surface area contributed by atoms with Crippen molar-refractivity contribution >= 4 is 0 Å². The van der Waals surface area contributed by atoms with E-state index in [4.69, 9.17) is 4.74 Å². The zero-order chi connectivity index (χ0) is 10.4. The molecule has 1 aliphatic rings. The molecule has 0 aliphatic carbocycles. The fraction of sp³-hybridized carbons (Fsp3) is 0.833. The van der Waals surface area contributed by atoms with Crippen LogP contribution in [0.1, 0.15) is 40.0 Å². The van der Waals surface area contributed by atoms with Gasteiger partial charge in [0.05, 0.1) is 12.2 Å². The summed E-state index contributed by atoms with van der Waals surface area (Å²) in [5.74, 6) is 0. The first-order valence-electron chi connectivity index (χ1n) is 5.76. The zero-order valence-electron chi connectivity index (χ0n) is 9.68. The Morgan fingerprint density at radius 1 is 1.50 bits per heavy atom. The zero-order valence-corrected chi connectivity index (χ0v) is 9.68. The van der Waals surface area contributed by atoms with Crippen molar-refractivity contribution in [3.8, 4) is 0 Å². The van der Waals surface area contributed by atoms with E-state index < -0.39 is 0 Å². The van der Waals surface area contributed by atoms with Crippen LogP contribution in [0.25, 0.3) is 0 Å². The van der Waals surface area contributed by atoms with Crippen molar-refractivity contribution in [2.75, 3.05) is 13.1 Å². The largest absolute Gasteiger partial charge is 0.371 e. The minimum atomic E-state index is 0.369. The third-order valence-corrected chi connectivity index (χ3v) is 2.57. The van der Waals surface area contributed by atoms with Crippen molar-refractivity contribution in [1.29, 1.82) is 0 Å². The SMILES string of the molecule is CCCNC/C(C)=C/C1CCC(C)O1. The van der Waals surface area contributed by atoms with Gasteiger partial charge in [0.1, 0.15) is 0 Å². The van der Waals surface area contributed by atoms with E-state index >= 15 is 0 Å². The standard InChI is InChI=1S/C12H23NO/c1-4-7-13-9-10(2)8-12-6-5-11(3)14-12/h8,11-13H,4-7,9H2,1-3H3/b10-8+.